The highest BCUT2D eigenvalue weighted by Gasteiger charge is 2.13. The molecule has 17 heavy (non-hydrogen) atoms. The van der Waals surface area contributed by atoms with Crippen molar-refractivity contribution in [2.24, 2.45) is 5.73 Å². The number of nitrogens with two attached hydrogens (primary N) is 1. The van der Waals surface area contributed by atoms with Gasteiger partial charge in [0, 0.05) is 11.6 Å². The lowest BCUT2D eigenvalue weighted by molar-refractivity contribution is -0.385. The molecule has 0 aliphatic heterocycles. The fourth-order valence-electron chi connectivity index (χ4n) is 1.12. The van der Waals surface area contributed by atoms with Crippen molar-refractivity contribution in [3.63, 3.8) is 0 Å². The monoisotopic (exact) mass is 243 g/mol. The van der Waals surface area contributed by atoms with Gasteiger partial charge in [-0.1, -0.05) is 0 Å². The number of carbonyl (C=O) groups is 1. The van der Waals surface area contributed by atoms with Crippen LogP contribution >= 0.6 is 0 Å². The van der Waals surface area contributed by atoms with E-state index < -0.39 is 16.6 Å². The molecular weight excluding hydrogens is 233 g/mol. The summed E-state index contributed by atoms with van der Waals surface area (Å²) in [7, 11) is 0. The molecule has 0 bridgehead atoms. The van der Waals surface area contributed by atoms with E-state index in [1.807, 2.05) is 0 Å². The standard InChI is InChI=1S/C9H10FN3O4/c10-7-1-2-8(13(15)16)6(3-7)4-12-17-5-9(11)14/h1-3,12H,4-5H2,(H2,11,14). The van der Waals surface area contributed by atoms with Gasteiger partial charge in [-0.3, -0.25) is 19.7 Å². The number of nitro benzene ring substituents is 1. The van der Waals surface area contributed by atoms with E-state index in [1.165, 1.54) is 0 Å². The molecule has 1 aromatic rings. The number of nitrogens with zero attached hydrogens (tertiary/aromatic N) is 1. The van der Waals surface area contributed by atoms with Gasteiger partial charge >= 0.3 is 0 Å². The van der Waals surface area contributed by atoms with E-state index in [2.05, 4.69) is 10.3 Å². The lowest BCUT2D eigenvalue weighted by Gasteiger charge is -2.05. The number of hydroxylamine groups is 1. The molecule has 7 nitrogen and oxygen atoms in total. The Hall–Kier alpha value is -2.06. The van der Waals surface area contributed by atoms with Crippen molar-refractivity contribution in [2.75, 3.05) is 6.61 Å². The van der Waals surface area contributed by atoms with Crippen molar-refractivity contribution in [1.29, 1.82) is 0 Å². The number of benzene rings is 1. The van der Waals surface area contributed by atoms with Crippen LogP contribution in [0.15, 0.2) is 18.2 Å². The summed E-state index contributed by atoms with van der Waals surface area (Å²) in [5.41, 5.74) is 6.96. The Labute approximate surface area is 95.5 Å². The lowest BCUT2D eigenvalue weighted by Crippen LogP contribution is -2.24. The molecule has 0 aliphatic rings. The van der Waals surface area contributed by atoms with Crippen molar-refractivity contribution < 1.29 is 18.9 Å². The van der Waals surface area contributed by atoms with Crippen LogP contribution in [0.3, 0.4) is 0 Å². The fraction of sp³-hybridized carbons (Fsp3) is 0.222. The van der Waals surface area contributed by atoms with Crippen molar-refractivity contribution in [3.8, 4) is 0 Å². The van der Waals surface area contributed by atoms with Crippen LogP contribution in [0.2, 0.25) is 0 Å². The molecule has 0 heterocycles. The summed E-state index contributed by atoms with van der Waals surface area (Å²) >= 11 is 0. The topological polar surface area (TPSA) is 107 Å². The molecule has 8 heteroatoms. The third-order valence-corrected chi connectivity index (χ3v) is 1.82. The van der Waals surface area contributed by atoms with Gasteiger partial charge in [-0.2, -0.15) is 5.48 Å². The number of hydrogen-bond acceptors (Lipinski definition) is 5. The first-order valence-electron chi connectivity index (χ1n) is 4.56. The quantitative estimate of drug-likeness (QED) is 0.422. The zero-order chi connectivity index (χ0) is 12.8. The number of hydrogen-bond donors (Lipinski definition) is 2. The third kappa shape index (κ3) is 4.13. The van der Waals surface area contributed by atoms with Crippen molar-refractivity contribution in [2.45, 2.75) is 6.54 Å². The molecule has 0 spiro atoms. The number of rotatable bonds is 6. The van der Waals surface area contributed by atoms with Gasteiger partial charge in [0.2, 0.25) is 5.91 Å². The zero-order valence-electron chi connectivity index (χ0n) is 8.68. The minimum atomic E-state index is -0.689. The summed E-state index contributed by atoms with van der Waals surface area (Å²) in [6, 6.07) is 3.06. The van der Waals surface area contributed by atoms with Gasteiger partial charge in [0.1, 0.15) is 12.4 Å². The predicted octanol–water partition coefficient (Wildman–Crippen LogP) is 0.240. The molecule has 92 valence electrons. The summed E-state index contributed by atoms with van der Waals surface area (Å²) in [5, 5.41) is 10.6. The minimum Gasteiger partial charge on any atom is -0.368 e. The van der Waals surface area contributed by atoms with Crippen molar-refractivity contribution in [3.05, 3.63) is 39.7 Å². The molecule has 0 saturated heterocycles. The van der Waals surface area contributed by atoms with Crippen LogP contribution in [-0.2, 0) is 16.2 Å². The summed E-state index contributed by atoms with van der Waals surface area (Å²) < 4.78 is 12.9. The van der Waals surface area contributed by atoms with E-state index in [1.54, 1.807) is 0 Å². The van der Waals surface area contributed by atoms with Gasteiger partial charge in [-0.15, -0.1) is 0 Å². The van der Waals surface area contributed by atoms with E-state index in [4.69, 9.17) is 5.73 Å². The zero-order valence-corrected chi connectivity index (χ0v) is 8.68. The second-order valence-electron chi connectivity index (χ2n) is 3.11. The first-order chi connectivity index (χ1) is 8.00. The molecule has 0 aliphatic carbocycles. The van der Waals surface area contributed by atoms with Gasteiger partial charge in [-0.25, -0.2) is 4.39 Å². The Kier molecular flexibility index (Phi) is 4.49. The molecule has 0 atom stereocenters. The molecule has 0 radical (unpaired) electrons. The molecule has 0 saturated carbocycles. The maximum absolute atomic E-state index is 12.9. The normalized spacial score (nSPS) is 10.2. The van der Waals surface area contributed by atoms with Crippen LogP contribution in [0.5, 0.6) is 0 Å². The van der Waals surface area contributed by atoms with Crippen molar-refractivity contribution >= 4 is 11.6 Å². The van der Waals surface area contributed by atoms with Gasteiger partial charge in [0.15, 0.2) is 0 Å². The largest absolute Gasteiger partial charge is 0.368 e. The van der Waals surface area contributed by atoms with Gasteiger partial charge in [-0.05, 0) is 12.1 Å². The molecule has 1 aromatic carbocycles. The Bertz CT molecular complexity index is 438. The number of nitrogens with one attached hydrogen (secondary N) is 1. The number of nitro groups is 1. The number of amides is 1. The summed E-state index contributed by atoms with van der Waals surface area (Å²) in [6.07, 6.45) is 0. The molecule has 1 rings (SSSR count). The summed E-state index contributed by atoms with van der Waals surface area (Å²) in [4.78, 5) is 24.9. The van der Waals surface area contributed by atoms with Crippen LogP contribution in [0.1, 0.15) is 5.56 Å². The maximum atomic E-state index is 12.9. The number of carbonyl (C=O) groups excluding carboxylic acids is 1. The highest BCUT2D eigenvalue weighted by molar-refractivity contribution is 5.74. The predicted molar refractivity (Wildman–Crippen MR) is 55.0 cm³/mol. The van der Waals surface area contributed by atoms with E-state index in [9.17, 15) is 19.3 Å². The van der Waals surface area contributed by atoms with Crippen LogP contribution in [0.4, 0.5) is 10.1 Å². The Morgan fingerprint density at radius 2 is 2.29 bits per heavy atom. The Morgan fingerprint density at radius 1 is 1.59 bits per heavy atom. The van der Waals surface area contributed by atoms with E-state index >= 15 is 0 Å². The van der Waals surface area contributed by atoms with Crippen LogP contribution in [0, 0.1) is 15.9 Å². The second kappa shape index (κ2) is 5.87. The average molecular weight is 243 g/mol. The molecule has 0 aromatic heterocycles. The van der Waals surface area contributed by atoms with Crippen molar-refractivity contribution in [1.82, 2.24) is 5.48 Å². The molecule has 1 amide bonds. The Morgan fingerprint density at radius 3 is 2.88 bits per heavy atom. The smallest absolute Gasteiger partial charge is 0.274 e. The number of primary amides is 1. The maximum Gasteiger partial charge on any atom is 0.274 e. The highest BCUT2D eigenvalue weighted by atomic mass is 19.1. The first-order valence-corrected chi connectivity index (χ1v) is 4.56. The highest BCUT2D eigenvalue weighted by Crippen LogP contribution is 2.19. The second-order valence-corrected chi connectivity index (χ2v) is 3.11. The summed E-state index contributed by atoms with van der Waals surface area (Å²) in [6.45, 7) is -0.482. The number of halogens is 1. The molecule has 0 fully saturated rings. The lowest BCUT2D eigenvalue weighted by atomic mass is 10.2. The van der Waals surface area contributed by atoms with Crippen LogP contribution < -0.4 is 11.2 Å². The minimum absolute atomic E-state index is 0.110. The fourth-order valence-corrected chi connectivity index (χ4v) is 1.12. The summed E-state index contributed by atoms with van der Waals surface area (Å²) in [5.74, 6) is -1.28. The van der Waals surface area contributed by atoms with Gasteiger partial charge in [0.25, 0.3) is 5.69 Å². The van der Waals surface area contributed by atoms with Crippen LogP contribution in [-0.4, -0.2) is 17.4 Å². The molecule has 0 unspecified atom stereocenters. The van der Waals surface area contributed by atoms with Gasteiger partial charge < -0.3 is 5.73 Å². The average Bonchev–Trinajstić information content (AvgIpc) is 2.23. The van der Waals surface area contributed by atoms with E-state index in [0.717, 1.165) is 18.2 Å². The first kappa shape index (κ1) is 13.0. The van der Waals surface area contributed by atoms with E-state index in [-0.39, 0.29) is 24.4 Å². The molecular formula is C9H10FN3O4. The molecule has 3 N–H and O–H groups in total. The van der Waals surface area contributed by atoms with Crippen LogP contribution in [0.25, 0.3) is 0 Å². The third-order valence-electron chi connectivity index (χ3n) is 1.82. The Balaban J connectivity index is 2.65. The van der Waals surface area contributed by atoms with Gasteiger partial charge in [0.05, 0.1) is 11.5 Å². The van der Waals surface area contributed by atoms with E-state index in [0.29, 0.717) is 0 Å². The SMILES string of the molecule is NC(=O)CONCc1cc(F)ccc1[N+](=O)[O-].